The Bertz CT molecular complexity index is 646. The molecule has 1 aromatic rings. The smallest absolute Gasteiger partial charge is 0.240 e. The highest BCUT2D eigenvalue weighted by Gasteiger charge is 2.17. The average molecular weight is 358 g/mol. The van der Waals surface area contributed by atoms with Gasteiger partial charge >= 0.3 is 0 Å². The van der Waals surface area contributed by atoms with Crippen LogP contribution in [0.4, 0.5) is 0 Å². The number of carbonyl (C=O) groups is 1. The summed E-state index contributed by atoms with van der Waals surface area (Å²) in [6.07, 6.45) is 0.709. The summed E-state index contributed by atoms with van der Waals surface area (Å²) in [6.45, 7) is 4.74. The lowest BCUT2D eigenvalue weighted by atomic mass is 10.2. The van der Waals surface area contributed by atoms with Gasteiger partial charge in [-0.15, -0.1) is 0 Å². The molecule has 0 unspecified atom stereocenters. The monoisotopic (exact) mass is 358 g/mol. The lowest BCUT2D eigenvalue weighted by Gasteiger charge is -2.21. The van der Waals surface area contributed by atoms with Gasteiger partial charge in [-0.2, -0.15) is 0 Å². The van der Waals surface area contributed by atoms with E-state index < -0.39 is 10.0 Å². The number of nitrogens with zero attached hydrogens (tertiary/aromatic N) is 1. The molecule has 0 aromatic heterocycles. The first-order valence-electron chi connectivity index (χ1n) is 7.70. The van der Waals surface area contributed by atoms with Crippen molar-refractivity contribution in [3.8, 4) is 5.75 Å². The van der Waals surface area contributed by atoms with E-state index in [1.807, 2.05) is 0 Å². The fourth-order valence-corrected chi connectivity index (χ4v) is 3.52. The highest BCUT2D eigenvalue weighted by atomic mass is 32.2. The van der Waals surface area contributed by atoms with Gasteiger partial charge in [0.2, 0.25) is 15.9 Å². The van der Waals surface area contributed by atoms with Crippen molar-refractivity contribution in [1.82, 2.24) is 9.62 Å². The molecule has 0 fully saturated rings. The van der Waals surface area contributed by atoms with Crippen molar-refractivity contribution >= 4 is 15.9 Å². The molecule has 1 amide bonds. The third kappa shape index (κ3) is 6.10. The van der Waals surface area contributed by atoms with E-state index in [1.165, 1.54) is 20.1 Å². The molecule has 0 radical (unpaired) electrons. The highest BCUT2D eigenvalue weighted by Crippen LogP contribution is 2.20. The van der Waals surface area contributed by atoms with Gasteiger partial charge in [0.1, 0.15) is 5.75 Å². The van der Waals surface area contributed by atoms with E-state index in [2.05, 4.69) is 4.72 Å². The van der Waals surface area contributed by atoms with Crippen molar-refractivity contribution in [2.45, 2.75) is 25.2 Å². The lowest BCUT2D eigenvalue weighted by Crippen LogP contribution is -2.38. The average Bonchev–Trinajstić information content (AvgIpc) is 2.52. The zero-order valence-corrected chi connectivity index (χ0v) is 15.5. The number of hydrogen-bond donors (Lipinski definition) is 1. The summed E-state index contributed by atoms with van der Waals surface area (Å²) in [7, 11) is -0.501. The van der Waals surface area contributed by atoms with Gasteiger partial charge in [0.05, 0.1) is 12.0 Å². The molecule has 7 nitrogen and oxygen atoms in total. The molecule has 0 atom stereocenters. The minimum absolute atomic E-state index is 0.0917. The van der Waals surface area contributed by atoms with Gasteiger partial charge in [0.15, 0.2) is 0 Å². The normalized spacial score (nSPS) is 11.3. The SMILES string of the molecule is COCCCN(CCNS(=O)(=O)c1ccc(OC)cc1C)C(C)=O. The van der Waals surface area contributed by atoms with Crippen LogP contribution in [-0.4, -0.2) is 59.7 Å². The molecule has 8 heteroatoms. The fourth-order valence-electron chi connectivity index (χ4n) is 2.27. The third-order valence-corrected chi connectivity index (χ3v) is 5.19. The first-order chi connectivity index (χ1) is 11.3. The second-order valence-electron chi connectivity index (χ2n) is 5.38. The standard InChI is InChI=1S/C16H26N2O5S/c1-13-12-15(23-4)6-7-16(13)24(20,21)17-8-10-18(14(2)19)9-5-11-22-3/h6-7,12,17H,5,8-11H2,1-4H3. The van der Waals surface area contributed by atoms with Gasteiger partial charge < -0.3 is 14.4 Å². The summed E-state index contributed by atoms with van der Waals surface area (Å²) in [6, 6.07) is 4.78. The maximum Gasteiger partial charge on any atom is 0.240 e. The van der Waals surface area contributed by atoms with Crippen LogP contribution >= 0.6 is 0 Å². The number of hydrogen-bond acceptors (Lipinski definition) is 5. The third-order valence-electron chi connectivity index (χ3n) is 3.57. The minimum Gasteiger partial charge on any atom is -0.497 e. The largest absolute Gasteiger partial charge is 0.497 e. The maximum absolute atomic E-state index is 12.4. The Morgan fingerprint density at radius 3 is 2.50 bits per heavy atom. The summed E-state index contributed by atoms with van der Waals surface area (Å²) in [5, 5.41) is 0. The first-order valence-corrected chi connectivity index (χ1v) is 9.19. The van der Waals surface area contributed by atoms with Crippen LogP contribution in [0.15, 0.2) is 23.1 Å². The summed E-state index contributed by atoms with van der Waals surface area (Å²) >= 11 is 0. The molecular weight excluding hydrogens is 332 g/mol. The first kappa shape index (κ1) is 20.4. The van der Waals surface area contributed by atoms with E-state index in [0.717, 1.165) is 0 Å². The Morgan fingerprint density at radius 2 is 1.96 bits per heavy atom. The fraction of sp³-hybridized carbons (Fsp3) is 0.562. The van der Waals surface area contributed by atoms with E-state index >= 15 is 0 Å². The van der Waals surface area contributed by atoms with E-state index in [-0.39, 0.29) is 17.3 Å². The highest BCUT2D eigenvalue weighted by molar-refractivity contribution is 7.89. The number of nitrogens with one attached hydrogen (secondary N) is 1. The molecule has 0 aliphatic carbocycles. The van der Waals surface area contributed by atoms with Crippen LogP contribution in [0.1, 0.15) is 18.9 Å². The zero-order valence-electron chi connectivity index (χ0n) is 14.7. The van der Waals surface area contributed by atoms with E-state index in [4.69, 9.17) is 9.47 Å². The van der Waals surface area contributed by atoms with Crippen LogP contribution in [0, 0.1) is 6.92 Å². The Balaban J connectivity index is 2.65. The molecule has 0 spiro atoms. The Kier molecular flexibility index (Phi) is 8.17. The molecule has 0 saturated heterocycles. The van der Waals surface area contributed by atoms with Gasteiger partial charge in [-0.25, -0.2) is 13.1 Å². The van der Waals surface area contributed by atoms with Crippen LogP contribution in [-0.2, 0) is 19.6 Å². The molecule has 0 aliphatic rings. The van der Waals surface area contributed by atoms with Crippen molar-refractivity contribution in [3.05, 3.63) is 23.8 Å². The number of amides is 1. The summed E-state index contributed by atoms with van der Waals surface area (Å²) in [5.41, 5.74) is 0.602. The van der Waals surface area contributed by atoms with E-state index in [9.17, 15) is 13.2 Å². The number of rotatable bonds is 10. The van der Waals surface area contributed by atoms with Crippen LogP contribution in [0.2, 0.25) is 0 Å². The molecule has 1 N–H and O–H groups in total. The second kappa shape index (κ2) is 9.61. The predicted octanol–water partition coefficient (Wildman–Crippen LogP) is 1.17. The minimum atomic E-state index is -3.63. The summed E-state index contributed by atoms with van der Waals surface area (Å²) in [4.78, 5) is 13.4. The molecule has 0 saturated carbocycles. The number of sulfonamides is 1. The molecule has 0 aliphatic heterocycles. The molecule has 136 valence electrons. The second-order valence-corrected chi connectivity index (χ2v) is 7.12. The Morgan fingerprint density at radius 1 is 1.25 bits per heavy atom. The number of ether oxygens (including phenoxy) is 2. The van der Waals surface area contributed by atoms with Gasteiger partial charge in [0, 0.05) is 40.3 Å². The van der Waals surface area contributed by atoms with Gasteiger partial charge in [0.25, 0.3) is 0 Å². The van der Waals surface area contributed by atoms with E-state index in [0.29, 0.717) is 37.4 Å². The number of carbonyl (C=O) groups excluding carboxylic acids is 1. The number of aryl methyl sites for hydroxylation is 1. The predicted molar refractivity (Wildman–Crippen MR) is 91.7 cm³/mol. The number of methoxy groups -OCH3 is 2. The molecule has 1 aromatic carbocycles. The van der Waals surface area contributed by atoms with Gasteiger partial charge in [-0.05, 0) is 37.1 Å². The molecule has 24 heavy (non-hydrogen) atoms. The summed E-state index contributed by atoms with van der Waals surface area (Å²) < 4.78 is 37.4. The number of benzene rings is 1. The van der Waals surface area contributed by atoms with Crippen molar-refractivity contribution < 1.29 is 22.7 Å². The van der Waals surface area contributed by atoms with E-state index in [1.54, 1.807) is 31.1 Å². The zero-order chi connectivity index (χ0) is 18.2. The molecule has 0 bridgehead atoms. The van der Waals surface area contributed by atoms with Crippen LogP contribution < -0.4 is 9.46 Å². The molecule has 1 rings (SSSR count). The Hall–Kier alpha value is -1.64. The van der Waals surface area contributed by atoms with Crippen molar-refractivity contribution in [1.29, 1.82) is 0 Å². The molecule has 0 heterocycles. The van der Waals surface area contributed by atoms with Crippen molar-refractivity contribution in [3.63, 3.8) is 0 Å². The van der Waals surface area contributed by atoms with Crippen molar-refractivity contribution in [2.75, 3.05) is 40.5 Å². The van der Waals surface area contributed by atoms with Crippen LogP contribution in [0.3, 0.4) is 0 Å². The van der Waals surface area contributed by atoms with Gasteiger partial charge in [-0.1, -0.05) is 0 Å². The lowest BCUT2D eigenvalue weighted by molar-refractivity contribution is -0.128. The maximum atomic E-state index is 12.4. The van der Waals surface area contributed by atoms with Crippen LogP contribution in [0.25, 0.3) is 0 Å². The van der Waals surface area contributed by atoms with Crippen molar-refractivity contribution in [2.24, 2.45) is 0 Å². The van der Waals surface area contributed by atoms with Crippen LogP contribution in [0.5, 0.6) is 5.75 Å². The molecular formula is C16H26N2O5S. The Labute approximate surface area is 144 Å². The topological polar surface area (TPSA) is 84.9 Å². The van der Waals surface area contributed by atoms with Gasteiger partial charge in [-0.3, -0.25) is 4.79 Å². The summed E-state index contributed by atoms with van der Waals surface area (Å²) in [5.74, 6) is 0.512. The quantitative estimate of drug-likeness (QED) is 0.635.